The van der Waals surface area contributed by atoms with Crippen LogP contribution in [0.4, 0.5) is 0 Å². The van der Waals surface area contributed by atoms with Gasteiger partial charge in [-0.3, -0.25) is 9.20 Å². The van der Waals surface area contributed by atoms with Crippen molar-refractivity contribution in [2.24, 2.45) is 0 Å². The zero-order valence-corrected chi connectivity index (χ0v) is 14.0. The highest BCUT2D eigenvalue weighted by atomic mass is 79.9. The average molecular weight is 383 g/mol. The maximum absolute atomic E-state index is 12.1. The summed E-state index contributed by atoms with van der Waals surface area (Å²) in [6.45, 7) is 0.282. The molecule has 0 saturated carbocycles. The van der Waals surface area contributed by atoms with E-state index in [1.54, 1.807) is 18.3 Å². The summed E-state index contributed by atoms with van der Waals surface area (Å²) in [7, 11) is 0. The molecule has 0 radical (unpaired) electrons. The van der Waals surface area contributed by atoms with Crippen molar-refractivity contribution in [1.29, 1.82) is 0 Å². The van der Waals surface area contributed by atoms with Crippen molar-refractivity contribution in [3.8, 4) is 11.4 Å². The number of hydrogen-bond donors (Lipinski definition) is 0. The number of halogens is 1. The molecule has 0 N–H and O–H groups in total. The number of pyridine rings is 1. The summed E-state index contributed by atoms with van der Waals surface area (Å²) in [5.74, 6) is 0.528. The summed E-state index contributed by atoms with van der Waals surface area (Å²) in [6.07, 6.45) is 1.69. The molecule has 0 aliphatic carbocycles. The van der Waals surface area contributed by atoms with E-state index in [9.17, 15) is 4.79 Å². The van der Waals surface area contributed by atoms with Crippen LogP contribution in [0.2, 0.25) is 0 Å². The van der Waals surface area contributed by atoms with Gasteiger partial charge >= 0.3 is 0 Å². The summed E-state index contributed by atoms with van der Waals surface area (Å²) >= 11 is 3.39. The molecular weight excluding hydrogens is 372 g/mol. The van der Waals surface area contributed by atoms with Crippen molar-refractivity contribution < 1.29 is 0 Å². The van der Waals surface area contributed by atoms with E-state index in [1.807, 2.05) is 30.3 Å². The lowest BCUT2D eigenvalue weighted by Gasteiger charge is -2.02. The minimum atomic E-state index is -0.135. The molecular formula is C16H11BrN6O. The molecule has 0 amide bonds. The van der Waals surface area contributed by atoms with Crippen LogP contribution in [0.25, 0.3) is 17.0 Å². The lowest BCUT2D eigenvalue weighted by molar-refractivity contribution is 0.564. The first kappa shape index (κ1) is 14.7. The van der Waals surface area contributed by atoms with Gasteiger partial charge in [0, 0.05) is 22.3 Å². The molecule has 0 fully saturated rings. The van der Waals surface area contributed by atoms with Gasteiger partial charge in [0.25, 0.3) is 5.56 Å². The number of nitrogens with zero attached hydrogens (tertiary/aromatic N) is 6. The van der Waals surface area contributed by atoms with Gasteiger partial charge in [-0.25, -0.2) is 4.98 Å². The van der Waals surface area contributed by atoms with Crippen molar-refractivity contribution in [3.63, 3.8) is 0 Å². The third kappa shape index (κ3) is 2.83. The van der Waals surface area contributed by atoms with Crippen LogP contribution in [-0.2, 0) is 6.54 Å². The van der Waals surface area contributed by atoms with Crippen molar-refractivity contribution in [3.05, 3.63) is 75.2 Å². The van der Waals surface area contributed by atoms with Crippen LogP contribution in [0.5, 0.6) is 0 Å². The second-order valence-electron chi connectivity index (χ2n) is 5.16. The monoisotopic (exact) mass is 382 g/mol. The predicted molar refractivity (Wildman–Crippen MR) is 91.5 cm³/mol. The van der Waals surface area contributed by atoms with Crippen molar-refractivity contribution in [2.45, 2.75) is 6.54 Å². The first-order chi connectivity index (χ1) is 11.7. The molecule has 4 rings (SSSR count). The lowest BCUT2D eigenvalue weighted by Crippen LogP contribution is -2.17. The first-order valence-corrected chi connectivity index (χ1v) is 7.99. The fraction of sp³-hybridized carbons (Fsp3) is 0.0625. The standard InChI is InChI=1S/C16H11BrN6O/c17-12-6-4-11(5-7-12)16-19-21-23(20-16)10-13-9-15(24)22-8-2-1-3-14(22)18-13/h1-9H,10H2. The topological polar surface area (TPSA) is 78.0 Å². The Morgan fingerprint density at radius 3 is 2.75 bits per heavy atom. The fourth-order valence-corrected chi connectivity index (χ4v) is 2.62. The summed E-state index contributed by atoms with van der Waals surface area (Å²) < 4.78 is 2.48. The number of fused-ring (bicyclic) bond motifs is 1. The fourth-order valence-electron chi connectivity index (χ4n) is 2.35. The number of aromatic nitrogens is 6. The van der Waals surface area contributed by atoms with E-state index >= 15 is 0 Å². The minimum absolute atomic E-state index is 0.135. The summed E-state index contributed by atoms with van der Waals surface area (Å²) in [5.41, 5.74) is 1.92. The second kappa shape index (κ2) is 5.97. The SMILES string of the molecule is O=c1cc(Cn2nnc(-c3ccc(Br)cc3)n2)nc2ccccn12. The Labute approximate surface area is 144 Å². The number of benzene rings is 1. The van der Waals surface area contributed by atoms with Gasteiger partial charge in [0.2, 0.25) is 5.82 Å². The Kier molecular flexibility index (Phi) is 3.66. The highest BCUT2D eigenvalue weighted by Gasteiger charge is 2.08. The molecule has 7 nitrogen and oxygen atoms in total. The van der Waals surface area contributed by atoms with E-state index < -0.39 is 0 Å². The third-order valence-corrected chi connectivity index (χ3v) is 4.01. The molecule has 0 bridgehead atoms. The van der Waals surface area contributed by atoms with E-state index in [2.05, 4.69) is 36.3 Å². The van der Waals surface area contributed by atoms with Gasteiger partial charge in [-0.1, -0.05) is 22.0 Å². The summed E-state index contributed by atoms with van der Waals surface area (Å²) in [5, 5.41) is 12.4. The molecule has 1 aromatic carbocycles. The van der Waals surface area contributed by atoms with Crippen LogP contribution in [0.15, 0.2) is 64.0 Å². The van der Waals surface area contributed by atoms with Gasteiger partial charge in [-0.15, -0.1) is 10.2 Å². The van der Waals surface area contributed by atoms with Gasteiger partial charge in [-0.05, 0) is 41.6 Å². The molecule has 118 valence electrons. The maximum Gasteiger partial charge on any atom is 0.258 e. The van der Waals surface area contributed by atoms with Gasteiger partial charge in [0.1, 0.15) is 12.2 Å². The first-order valence-electron chi connectivity index (χ1n) is 7.20. The smallest absolute Gasteiger partial charge is 0.258 e. The largest absolute Gasteiger partial charge is 0.269 e. The van der Waals surface area contributed by atoms with Crippen LogP contribution in [0.3, 0.4) is 0 Å². The molecule has 0 unspecified atom stereocenters. The molecule has 4 aromatic rings. The molecule has 0 saturated heterocycles. The molecule has 0 aliphatic rings. The predicted octanol–water partition coefficient (Wildman–Crippen LogP) is 2.16. The zero-order valence-electron chi connectivity index (χ0n) is 12.4. The Morgan fingerprint density at radius 1 is 1.08 bits per heavy atom. The lowest BCUT2D eigenvalue weighted by atomic mass is 10.2. The van der Waals surface area contributed by atoms with Crippen molar-refractivity contribution >= 4 is 21.6 Å². The molecule has 0 atom stereocenters. The van der Waals surface area contributed by atoms with Gasteiger partial charge < -0.3 is 0 Å². The number of hydrogen-bond acceptors (Lipinski definition) is 5. The van der Waals surface area contributed by atoms with E-state index in [-0.39, 0.29) is 12.1 Å². The molecule has 0 spiro atoms. The quantitative estimate of drug-likeness (QED) is 0.542. The van der Waals surface area contributed by atoms with E-state index in [0.717, 1.165) is 10.0 Å². The minimum Gasteiger partial charge on any atom is -0.269 e. The van der Waals surface area contributed by atoms with Crippen LogP contribution in [0.1, 0.15) is 5.69 Å². The highest BCUT2D eigenvalue weighted by molar-refractivity contribution is 9.10. The molecule has 8 heteroatoms. The van der Waals surface area contributed by atoms with E-state index in [4.69, 9.17) is 0 Å². The molecule has 3 aromatic heterocycles. The second-order valence-corrected chi connectivity index (χ2v) is 6.08. The molecule has 24 heavy (non-hydrogen) atoms. The van der Waals surface area contributed by atoms with Crippen LogP contribution >= 0.6 is 15.9 Å². The summed E-state index contributed by atoms with van der Waals surface area (Å²) in [4.78, 5) is 18.0. The number of rotatable bonds is 3. The Bertz CT molecular complexity index is 1070. The molecule has 0 aliphatic heterocycles. The van der Waals surface area contributed by atoms with E-state index in [1.165, 1.54) is 15.3 Å². The van der Waals surface area contributed by atoms with Gasteiger partial charge in [-0.2, -0.15) is 4.80 Å². The summed E-state index contributed by atoms with van der Waals surface area (Å²) in [6, 6.07) is 14.6. The number of tetrazole rings is 1. The van der Waals surface area contributed by atoms with Crippen LogP contribution < -0.4 is 5.56 Å². The Balaban J connectivity index is 1.64. The van der Waals surface area contributed by atoms with Gasteiger partial charge in [0.05, 0.1) is 5.69 Å². The maximum atomic E-state index is 12.1. The third-order valence-electron chi connectivity index (χ3n) is 3.48. The normalized spacial score (nSPS) is 11.0. The highest BCUT2D eigenvalue weighted by Crippen LogP contribution is 2.17. The Hall–Kier alpha value is -2.87. The Morgan fingerprint density at radius 2 is 1.92 bits per heavy atom. The van der Waals surface area contributed by atoms with Crippen molar-refractivity contribution in [1.82, 2.24) is 29.6 Å². The van der Waals surface area contributed by atoms with Crippen molar-refractivity contribution in [2.75, 3.05) is 0 Å². The zero-order chi connectivity index (χ0) is 16.5. The van der Waals surface area contributed by atoms with Crippen LogP contribution in [-0.4, -0.2) is 29.6 Å². The average Bonchev–Trinajstić information content (AvgIpc) is 3.04. The molecule has 3 heterocycles. The van der Waals surface area contributed by atoms with Gasteiger partial charge in [0.15, 0.2) is 0 Å². The van der Waals surface area contributed by atoms with Crippen LogP contribution in [0, 0.1) is 0 Å². The van der Waals surface area contributed by atoms with E-state index in [0.29, 0.717) is 17.2 Å².